The average molecular weight is 506 g/mol. The maximum Gasteiger partial charge on any atom is 0.335 e. The molecule has 186 valence electrons. The smallest absolute Gasteiger partial charge is 0.335 e. The van der Waals surface area contributed by atoms with E-state index in [9.17, 15) is 14.4 Å². The first-order valence-corrected chi connectivity index (χ1v) is 12.0. The summed E-state index contributed by atoms with van der Waals surface area (Å²) in [7, 11) is 0. The number of carbonyl (C=O) groups excluding carboxylic acids is 3. The normalized spacial score (nSPS) is 15.4. The third-order valence-electron chi connectivity index (χ3n) is 5.99. The summed E-state index contributed by atoms with van der Waals surface area (Å²) in [6, 6.07) is 15.7. The Bertz CT molecular complexity index is 1350. The monoisotopic (exact) mass is 505 g/mol. The lowest BCUT2D eigenvalue weighted by atomic mass is 9.87. The van der Waals surface area contributed by atoms with Crippen LogP contribution in [0.2, 0.25) is 5.02 Å². The maximum absolute atomic E-state index is 13.2. The summed E-state index contributed by atoms with van der Waals surface area (Å²) in [6.45, 7) is 9.19. The molecule has 2 heterocycles. The highest BCUT2D eigenvalue weighted by atomic mass is 35.5. The van der Waals surface area contributed by atoms with Gasteiger partial charge >= 0.3 is 6.03 Å². The molecule has 1 aromatic heterocycles. The van der Waals surface area contributed by atoms with Crippen molar-refractivity contribution in [1.82, 2.24) is 9.88 Å². The topological polar surface area (TPSA) is 80.6 Å². The minimum atomic E-state index is -0.816. The van der Waals surface area contributed by atoms with Gasteiger partial charge in [0.25, 0.3) is 11.8 Å². The van der Waals surface area contributed by atoms with Crippen LogP contribution in [-0.2, 0) is 21.5 Å². The van der Waals surface area contributed by atoms with E-state index in [1.807, 2.05) is 35.9 Å². The highest BCUT2D eigenvalue weighted by molar-refractivity contribution is 6.39. The predicted octanol–water partition coefficient (Wildman–Crippen LogP) is 5.49. The largest absolute Gasteiger partial charge is 0.492 e. The van der Waals surface area contributed by atoms with E-state index in [1.54, 1.807) is 18.2 Å². The molecule has 4 rings (SSSR count). The van der Waals surface area contributed by atoms with Crippen molar-refractivity contribution in [3.05, 3.63) is 88.2 Å². The summed E-state index contributed by atoms with van der Waals surface area (Å²) >= 11 is 6.18. The minimum absolute atomic E-state index is 0.0703. The summed E-state index contributed by atoms with van der Waals surface area (Å²) in [5.74, 6) is -0.697. The van der Waals surface area contributed by atoms with Crippen molar-refractivity contribution < 1.29 is 19.1 Å². The van der Waals surface area contributed by atoms with Crippen LogP contribution in [0.3, 0.4) is 0 Å². The van der Waals surface area contributed by atoms with Crippen molar-refractivity contribution in [3.63, 3.8) is 0 Å². The Labute approximate surface area is 215 Å². The molecule has 0 aliphatic carbocycles. The van der Waals surface area contributed by atoms with Gasteiger partial charge in [-0.1, -0.05) is 50.6 Å². The van der Waals surface area contributed by atoms with Crippen LogP contribution in [0.4, 0.5) is 10.5 Å². The van der Waals surface area contributed by atoms with Crippen LogP contribution in [0.1, 0.15) is 37.6 Å². The third kappa shape index (κ3) is 5.36. The lowest BCUT2D eigenvalue weighted by molar-refractivity contribution is -0.122. The number of rotatable bonds is 6. The lowest BCUT2D eigenvalue weighted by Gasteiger charge is -2.26. The first-order chi connectivity index (χ1) is 17.0. The quantitative estimate of drug-likeness (QED) is 0.354. The average Bonchev–Trinajstić information content (AvgIpc) is 3.25. The van der Waals surface area contributed by atoms with Gasteiger partial charge in [-0.25, -0.2) is 9.69 Å². The van der Waals surface area contributed by atoms with E-state index in [0.29, 0.717) is 23.9 Å². The van der Waals surface area contributed by atoms with Gasteiger partial charge < -0.3 is 9.30 Å². The van der Waals surface area contributed by atoms with Crippen molar-refractivity contribution in [2.75, 3.05) is 11.5 Å². The summed E-state index contributed by atoms with van der Waals surface area (Å²) in [5.41, 5.74) is 2.88. The molecular formula is C28H28ClN3O4. The molecule has 2 aromatic carbocycles. The number of imide groups is 2. The summed E-state index contributed by atoms with van der Waals surface area (Å²) < 4.78 is 7.77. The van der Waals surface area contributed by atoms with Crippen LogP contribution in [0.15, 0.2) is 66.4 Å². The van der Waals surface area contributed by atoms with E-state index in [-0.39, 0.29) is 16.7 Å². The standard InChI is InChI=1S/C28H28ClN3O4/c1-18-7-10-21(17-24(18)29)32-26(34)23(25(33)30-27(32)35)16-20-6-5-13-31(20)14-15-36-22-11-8-19(9-12-22)28(2,3)4/h5-13,16-17H,14-15H2,1-4H3,(H,30,33,35)/b23-16-. The van der Waals surface area contributed by atoms with Gasteiger partial charge in [-0.05, 0) is 65.9 Å². The fourth-order valence-electron chi connectivity index (χ4n) is 3.84. The molecule has 1 fully saturated rings. The zero-order valence-corrected chi connectivity index (χ0v) is 21.4. The number of hydrogen-bond acceptors (Lipinski definition) is 4. The molecule has 1 aliphatic rings. The number of nitrogens with zero attached hydrogens (tertiary/aromatic N) is 2. The molecule has 0 atom stereocenters. The van der Waals surface area contributed by atoms with Crippen LogP contribution in [0, 0.1) is 6.92 Å². The van der Waals surface area contributed by atoms with Crippen molar-refractivity contribution in [2.24, 2.45) is 0 Å². The van der Waals surface area contributed by atoms with Crippen LogP contribution < -0.4 is 15.0 Å². The van der Waals surface area contributed by atoms with E-state index in [0.717, 1.165) is 16.2 Å². The van der Waals surface area contributed by atoms with Gasteiger partial charge in [0.15, 0.2) is 0 Å². The van der Waals surface area contributed by atoms with Crippen LogP contribution in [-0.4, -0.2) is 29.0 Å². The molecule has 0 bridgehead atoms. The van der Waals surface area contributed by atoms with E-state index in [2.05, 4.69) is 38.2 Å². The Morgan fingerprint density at radius 2 is 1.75 bits per heavy atom. The molecule has 1 saturated heterocycles. The number of aromatic nitrogens is 1. The Morgan fingerprint density at radius 1 is 1.03 bits per heavy atom. The second-order valence-electron chi connectivity index (χ2n) is 9.64. The number of benzene rings is 2. The number of halogens is 1. The first kappa shape index (κ1) is 25.3. The Kier molecular flexibility index (Phi) is 7.04. The SMILES string of the molecule is Cc1ccc(N2C(=O)NC(=O)/C(=C/c3cccn3CCOc3ccc(C(C)(C)C)cc3)C2=O)cc1Cl. The Hall–Kier alpha value is -3.84. The zero-order chi connectivity index (χ0) is 26.0. The molecule has 0 unspecified atom stereocenters. The highest BCUT2D eigenvalue weighted by Gasteiger charge is 2.37. The first-order valence-electron chi connectivity index (χ1n) is 11.6. The van der Waals surface area contributed by atoms with Crippen molar-refractivity contribution in [2.45, 2.75) is 39.7 Å². The second-order valence-corrected chi connectivity index (χ2v) is 10.0. The minimum Gasteiger partial charge on any atom is -0.492 e. The van der Waals surface area contributed by atoms with Gasteiger partial charge in [0, 0.05) is 16.9 Å². The highest BCUT2D eigenvalue weighted by Crippen LogP contribution is 2.27. The number of barbiturate groups is 1. The van der Waals surface area contributed by atoms with Crippen molar-refractivity contribution in [3.8, 4) is 5.75 Å². The van der Waals surface area contributed by atoms with Gasteiger partial charge in [-0.2, -0.15) is 0 Å². The summed E-state index contributed by atoms with van der Waals surface area (Å²) in [4.78, 5) is 39.1. The van der Waals surface area contributed by atoms with Crippen LogP contribution >= 0.6 is 11.6 Å². The molecular weight excluding hydrogens is 478 g/mol. The molecule has 36 heavy (non-hydrogen) atoms. The van der Waals surface area contributed by atoms with Gasteiger partial charge in [-0.15, -0.1) is 0 Å². The number of hydrogen-bond donors (Lipinski definition) is 1. The van der Waals surface area contributed by atoms with Crippen molar-refractivity contribution in [1.29, 1.82) is 0 Å². The molecule has 1 N–H and O–H groups in total. The van der Waals surface area contributed by atoms with Gasteiger partial charge in [-0.3, -0.25) is 14.9 Å². The molecule has 3 aromatic rings. The third-order valence-corrected chi connectivity index (χ3v) is 6.40. The van der Waals surface area contributed by atoms with Crippen LogP contribution in [0.5, 0.6) is 5.75 Å². The molecule has 1 aliphatic heterocycles. The van der Waals surface area contributed by atoms with E-state index in [4.69, 9.17) is 16.3 Å². The number of ether oxygens (including phenoxy) is 1. The van der Waals surface area contributed by atoms with Gasteiger partial charge in [0.05, 0.1) is 12.2 Å². The maximum atomic E-state index is 13.2. The number of carbonyl (C=O) groups is 3. The molecule has 0 saturated carbocycles. The number of anilines is 1. The molecule has 0 spiro atoms. The molecule has 8 heteroatoms. The summed E-state index contributed by atoms with van der Waals surface area (Å²) in [5, 5.41) is 2.65. The number of urea groups is 1. The number of aryl methyl sites for hydroxylation is 1. The molecule has 0 radical (unpaired) electrons. The summed E-state index contributed by atoms with van der Waals surface area (Å²) in [6.07, 6.45) is 3.32. The fraction of sp³-hybridized carbons (Fsp3) is 0.250. The molecule has 7 nitrogen and oxygen atoms in total. The predicted molar refractivity (Wildman–Crippen MR) is 140 cm³/mol. The van der Waals surface area contributed by atoms with Gasteiger partial charge in [0.2, 0.25) is 0 Å². The van der Waals surface area contributed by atoms with E-state index < -0.39 is 17.8 Å². The fourth-order valence-corrected chi connectivity index (χ4v) is 4.01. The molecule has 4 amide bonds. The zero-order valence-electron chi connectivity index (χ0n) is 20.7. The lowest BCUT2D eigenvalue weighted by Crippen LogP contribution is -2.54. The second kappa shape index (κ2) is 10.0. The van der Waals surface area contributed by atoms with Crippen LogP contribution in [0.25, 0.3) is 6.08 Å². The number of amides is 4. The van der Waals surface area contributed by atoms with Gasteiger partial charge in [0.1, 0.15) is 17.9 Å². The van der Waals surface area contributed by atoms with E-state index in [1.165, 1.54) is 17.7 Å². The number of nitrogens with one attached hydrogen (secondary N) is 1. The van der Waals surface area contributed by atoms with Crippen molar-refractivity contribution >= 4 is 41.2 Å². The Balaban J connectivity index is 1.49. The van der Waals surface area contributed by atoms with E-state index >= 15 is 0 Å². The Morgan fingerprint density at radius 3 is 2.42 bits per heavy atom.